The van der Waals surface area contributed by atoms with Crippen molar-refractivity contribution in [3.63, 3.8) is 0 Å². The lowest BCUT2D eigenvalue weighted by molar-refractivity contribution is -0.0681. The highest BCUT2D eigenvalue weighted by Gasteiger charge is 2.21. The number of nitrogens with one attached hydrogen (secondary N) is 1. The third-order valence-electron chi connectivity index (χ3n) is 4.40. The number of carbonyl (C=O) groups excluding carboxylic acids is 1. The first-order chi connectivity index (χ1) is 11.4. The minimum atomic E-state index is -0.0366. The van der Waals surface area contributed by atoms with Crippen LogP contribution in [0.15, 0.2) is 6.07 Å². The second kappa shape index (κ2) is 8.62. The van der Waals surface area contributed by atoms with E-state index in [2.05, 4.69) is 43.0 Å². The van der Waals surface area contributed by atoms with Crippen LogP contribution in [0.4, 0.5) is 0 Å². The van der Waals surface area contributed by atoms with Gasteiger partial charge in [0.1, 0.15) is 5.69 Å². The molecule has 0 unspecified atom stereocenters. The molecule has 1 aliphatic heterocycles. The summed E-state index contributed by atoms with van der Waals surface area (Å²) in [6, 6.07) is 1.89. The maximum atomic E-state index is 12.3. The average molecular weight is 336 g/mol. The van der Waals surface area contributed by atoms with E-state index in [0.717, 1.165) is 38.2 Å². The van der Waals surface area contributed by atoms with Gasteiger partial charge in [-0.2, -0.15) is 5.10 Å². The number of morpholine rings is 1. The lowest BCUT2D eigenvalue weighted by Crippen LogP contribution is -2.45. The second-order valence-corrected chi connectivity index (χ2v) is 7.21. The van der Waals surface area contributed by atoms with Crippen LogP contribution in [-0.2, 0) is 11.8 Å². The molecule has 1 N–H and O–H groups in total. The fourth-order valence-corrected chi connectivity index (χ4v) is 3.20. The second-order valence-electron chi connectivity index (χ2n) is 7.21. The summed E-state index contributed by atoms with van der Waals surface area (Å²) in [7, 11) is 1.82. The summed E-state index contributed by atoms with van der Waals surface area (Å²) in [4.78, 5) is 14.7. The van der Waals surface area contributed by atoms with Crippen molar-refractivity contribution in [2.24, 2.45) is 7.05 Å². The monoisotopic (exact) mass is 336 g/mol. The number of aromatic nitrogens is 2. The predicted octanol–water partition coefficient (Wildman–Crippen LogP) is 2.16. The van der Waals surface area contributed by atoms with Gasteiger partial charge in [-0.25, -0.2) is 0 Å². The Labute approximate surface area is 145 Å². The Bertz CT molecular complexity index is 531. The van der Waals surface area contributed by atoms with Crippen LogP contribution in [0.2, 0.25) is 0 Å². The van der Waals surface area contributed by atoms with E-state index in [1.54, 1.807) is 4.68 Å². The number of aryl methyl sites for hydroxylation is 1. The van der Waals surface area contributed by atoms with Crippen molar-refractivity contribution in [3.05, 3.63) is 17.5 Å². The SMILES string of the molecule is CC(C)c1cc(C(=O)NCCCCN2C[C@H](C)O[C@@H](C)C2)n(C)n1. The highest BCUT2D eigenvalue weighted by Crippen LogP contribution is 2.14. The molecule has 6 nitrogen and oxygen atoms in total. The maximum absolute atomic E-state index is 12.3. The van der Waals surface area contributed by atoms with Crippen LogP contribution in [0.3, 0.4) is 0 Å². The van der Waals surface area contributed by atoms with E-state index in [1.807, 2.05) is 13.1 Å². The van der Waals surface area contributed by atoms with Gasteiger partial charge in [0.2, 0.25) is 0 Å². The normalized spacial score (nSPS) is 22.1. The summed E-state index contributed by atoms with van der Waals surface area (Å²) in [6.07, 6.45) is 2.70. The quantitative estimate of drug-likeness (QED) is 0.775. The van der Waals surface area contributed by atoms with E-state index in [0.29, 0.717) is 30.4 Å². The molecule has 1 saturated heterocycles. The van der Waals surface area contributed by atoms with Crippen molar-refractivity contribution in [3.8, 4) is 0 Å². The number of rotatable bonds is 7. The molecular formula is C18H32N4O2. The van der Waals surface area contributed by atoms with Gasteiger partial charge in [0, 0.05) is 26.7 Å². The van der Waals surface area contributed by atoms with Crippen LogP contribution in [0.25, 0.3) is 0 Å². The zero-order valence-corrected chi connectivity index (χ0v) is 15.7. The van der Waals surface area contributed by atoms with Crippen LogP contribution < -0.4 is 5.32 Å². The Hall–Kier alpha value is -1.40. The first kappa shape index (κ1) is 18.9. The third kappa shape index (κ3) is 5.31. The Morgan fingerprint density at radius 2 is 2.00 bits per heavy atom. The zero-order valence-electron chi connectivity index (χ0n) is 15.7. The van der Waals surface area contributed by atoms with Crippen LogP contribution in [-0.4, -0.2) is 59.0 Å². The van der Waals surface area contributed by atoms with E-state index < -0.39 is 0 Å². The minimum Gasteiger partial charge on any atom is -0.373 e. The molecule has 0 bridgehead atoms. The molecule has 24 heavy (non-hydrogen) atoms. The summed E-state index contributed by atoms with van der Waals surface area (Å²) in [6.45, 7) is 12.2. The molecule has 6 heteroatoms. The number of hydrogen-bond acceptors (Lipinski definition) is 4. The van der Waals surface area contributed by atoms with Gasteiger partial charge in [0.05, 0.1) is 17.9 Å². The van der Waals surface area contributed by atoms with E-state index >= 15 is 0 Å². The summed E-state index contributed by atoms with van der Waals surface area (Å²) in [5.41, 5.74) is 1.59. The maximum Gasteiger partial charge on any atom is 0.269 e. The molecule has 0 aromatic carbocycles. The van der Waals surface area contributed by atoms with E-state index in [9.17, 15) is 4.79 Å². The summed E-state index contributed by atoms with van der Waals surface area (Å²) >= 11 is 0. The van der Waals surface area contributed by atoms with Crippen molar-refractivity contribution in [1.82, 2.24) is 20.0 Å². The standard InChI is InChI=1S/C18H32N4O2/c1-13(2)16-10-17(21(5)20-16)18(23)19-8-6-7-9-22-11-14(3)24-15(4)12-22/h10,13-15H,6-9,11-12H2,1-5H3,(H,19,23)/t14-,15-/m0/s1. The van der Waals surface area contributed by atoms with Gasteiger partial charge >= 0.3 is 0 Å². The molecule has 1 aliphatic rings. The largest absolute Gasteiger partial charge is 0.373 e. The zero-order chi connectivity index (χ0) is 17.7. The molecule has 0 saturated carbocycles. The number of nitrogens with zero attached hydrogens (tertiary/aromatic N) is 3. The molecule has 1 amide bonds. The molecule has 1 aromatic rings. The van der Waals surface area contributed by atoms with Crippen LogP contribution in [0.5, 0.6) is 0 Å². The van der Waals surface area contributed by atoms with Crippen LogP contribution in [0.1, 0.15) is 62.6 Å². The molecule has 2 rings (SSSR count). The minimum absolute atomic E-state index is 0.0366. The number of hydrogen-bond donors (Lipinski definition) is 1. The molecule has 0 aliphatic carbocycles. The Kier molecular flexibility index (Phi) is 6.80. The molecule has 1 aromatic heterocycles. The van der Waals surface area contributed by atoms with E-state index in [-0.39, 0.29) is 5.91 Å². The first-order valence-corrected chi connectivity index (χ1v) is 9.06. The first-order valence-electron chi connectivity index (χ1n) is 9.06. The van der Waals surface area contributed by atoms with Crippen molar-refractivity contribution in [2.45, 2.75) is 58.7 Å². The molecular weight excluding hydrogens is 304 g/mol. The smallest absolute Gasteiger partial charge is 0.269 e. The molecule has 1 fully saturated rings. The fourth-order valence-electron chi connectivity index (χ4n) is 3.20. The van der Waals surface area contributed by atoms with Gasteiger partial charge in [-0.1, -0.05) is 13.8 Å². The Balaban J connectivity index is 1.68. The average Bonchev–Trinajstić information content (AvgIpc) is 2.88. The summed E-state index contributed by atoms with van der Waals surface area (Å²) in [5, 5.41) is 7.39. The lowest BCUT2D eigenvalue weighted by Gasteiger charge is -2.35. The van der Waals surface area contributed by atoms with Gasteiger partial charge in [-0.15, -0.1) is 0 Å². The van der Waals surface area contributed by atoms with Gasteiger partial charge in [-0.05, 0) is 45.2 Å². The number of carbonyl (C=O) groups is 1. The molecule has 2 heterocycles. The van der Waals surface area contributed by atoms with Gasteiger partial charge in [0.15, 0.2) is 0 Å². The molecule has 0 radical (unpaired) electrons. The van der Waals surface area contributed by atoms with Crippen LogP contribution in [0, 0.1) is 0 Å². The molecule has 136 valence electrons. The van der Waals surface area contributed by atoms with Crippen molar-refractivity contribution in [2.75, 3.05) is 26.2 Å². The van der Waals surface area contributed by atoms with Crippen molar-refractivity contribution >= 4 is 5.91 Å². The molecule has 0 spiro atoms. The van der Waals surface area contributed by atoms with Crippen molar-refractivity contribution < 1.29 is 9.53 Å². The summed E-state index contributed by atoms with van der Waals surface area (Å²) < 4.78 is 7.42. The predicted molar refractivity (Wildman–Crippen MR) is 95.3 cm³/mol. The topological polar surface area (TPSA) is 59.4 Å². The van der Waals surface area contributed by atoms with Gasteiger partial charge in [-0.3, -0.25) is 14.4 Å². The van der Waals surface area contributed by atoms with Gasteiger partial charge < -0.3 is 10.1 Å². The van der Waals surface area contributed by atoms with Gasteiger partial charge in [0.25, 0.3) is 5.91 Å². The van der Waals surface area contributed by atoms with Crippen LogP contribution >= 0.6 is 0 Å². The Morgan fingerprint density at radius 3 is 2.58 bits per heavy atom. The summed E-state index contributed by atoms with van der Waals surface area (Å²) in [5.74, 6) is 0.293. The molecule has 2 atom stereocenters. The van der Waals surface area contributed by atoms with E-state index in [4.69, 9.17) is 4.74 Å². The fraction of sp³-hybridized carbons (Fsp3) is 0.778. The third-order valence-corrected chi connectivity index (χ3v) is 4.40. The Morgan fingerprint density at radius 1 is 1.33 bits per heavy atom. The lowest BCUT2D eigenvalue weighted by atomic mass is 10.1. The highest BCUT2D eigenvalue weighted by atomic mass is 16.5. The highest BCUT2D eigenvalue weighted by molar-refractivity contribution is 5.92. The number of ether oxygens (including phenoxy) is 1. The number of unbranched alkanes of at least 4 members (excludes halogenated alkanes) is 1. The van der Waals surface area contributed by atoms with Crippen molar-refractivity contribution in [1.29, 1.82) is 0 Å². The number of amides is 1. The van der Waals surface area contributed by atoms with E-state index in [1.165, 1.54) is 0 Å².